The van der Waals surface area contributed by atoms with E-state index in [1.54, 1.807) is 4.68 Å². The zero-order chi connectivity index (χ0) is 13.6. The monoisotopic (exact) mass is 257 g/mol. The number of carbonyl (C=O) groups excluding carboxylic acids is 1. The highest BCUT2D eigenvalue weighted by Crippen LogP contribution is 2.24. The zero-order valence-corrected chi connectivity index (χ0v) is 11.4. The summed E-state index contributed by atoms with van der Waals surface area (Å²) in [5.41, 5.74) is 2.60. The Morgan fingerprint density at radius 1 is 1.47 bits per heavy atom. The van der Waals surface area contributed by atoms with Crippen molar-refractivity contribution in [2.75, 3.05) is 0 Å². The first-order valence-corrected chi connectivity index (χ1v) is 6.52. The normalized spacial score (nSPS) is 21.7. The largest absolute Gasteiger partial charge is 0.292 e. The van der Waals surface area contributed by atoms with Gasteiger partial charge in [0.25, 0.3) is 0 Å². The highest BCUT2D eigenvalue weighted by atomic mass is 16.1. The van der Waals surface area contributed by atoms with Crippen LogP contribution in [0, 0.1) is 12.8 Å². The van der Waals surface area contributed by atoms with Gasteiger partial charge in [-0.3, -0.25) is 4.79 Å². The first kappa shape index (κ1) is 12.0. The molecular formula is C14H17N4O+. The third-order valence-corrected chi connectivity index (χ3v) is 3.43. The summed E-state index contributed by atoms with van der Waals surface area (Å²) in [5.74, 6) is 0.229. The first-order valence-electron chi connectivity index (χ1n) is 6.52. The lowest BCUT2D eigenvalue weighted by atomic mass is 9.94. The van der Waals surface area contributed by atoms with Crippen LogP contribution in [0.15, 0.2) is 16.7 Å². The minimum absolute atomic E-state index is 0.101. The van der Waals surface area contributed by atoms with Crippen molar-refractivity contribution in [1.29, 1.82) is 0 Å². The van der Waals surface area contributed by atoms with Crippen molar-refractivity contribution in [3.05, 3.63) is 23.0 Å². The third kappa shape index (κ3) is 2.05. The quantitative estimate of drug-likeness (QED) is 0.757. The summed E-state index contributed by atoms with van der Waals surface area (Å²) in [6, 6.07) is 2.17. The topological polar surface area (TPSA) is 50.3 Å². The maximum atomic E-state index is 12.1. The number of Topliss-reactive ketones (excluding diaryl/α,β-unsaturated/α-hetero) is 1. The van der Waals surface area contributed by atoms with Gasteiger partial charge in [0.15, 0.2) is 18.0 Å². The van der Waals surface area contributed by atoms with Crippen LogP contribution in [-0.4, -0.2) is 38.7 Å². The Labute approximate surface area is 111 Å². The average molecular weight is 257 g/mol. The highest BCUT2D eigenvalue weighted by Gasteiger charge is 2.29. The van der Waals surface area contributed by atoms with Gasteiger partial charge in [-0.25, -0.2) is 4.68 Å². The molecule has 0 saturated heterocycles. The van der Waals surface area contributed by atoms with Crippen LogP contribution in [0.4, 0.5) is 0 Å². The van der Waals surface area contributed by atoms with Crippen molar-refractivity contribution in [2.45, 2.75) is 33.2 Å². The summed E-state index contributed by atoms with van der Waals surface area (Å²) in [5, 5.41) is 8.67. The summed E-state index contributed by atoms with van der Waals surface area (Å²) in [7, 11) is 0. The Morgan fingerprint density at radius 3 is 2.95 bits per heavy atom. The molecule has 0 saturated carbocycles. The van der Waals surface area contributed by atoms with E-state index < -0.39 is 0 Å². The summed E-state index contributed by atoms with van der Waals surface area (Å²) in [4.78, 5) is 12.1. The fourth-order valence-electron chi connectivity index (χ4n) is 2.39. The molecule has 3 rings (SSSR count). The van der Waals surface area contributed by atoms with Crippen molar-refractivity contribution in [3.8, 4) is 0 Å². The molecule has 0 radical (unpaired) electrons. The molecule has 0 bridgehead atoms. The van der Waals surface area contributed by atoms with E-state index in [1.165, 1.54) is 0 Å². The number of ketones is 1. The molecule has 98 valence electrons. The molecule has 0 N–H and O–H groups in total. The molecule has 1 atom stereocenters. The lowest BCUT2D eigenvalue weighted by molar-refractivity contribution is -0.557. The van der Waals surface area contributed by atoms with Crippen LogP contribution in [0.3, 0.4) is 0 Å². The van der Waals surface area contributed by atoms with Gasteiger partial charge in [0.05, 0.1) is 11.9 Å². The van der Waals surface area contributed by atoms with Crippen molar-refractivity contribution in [2.24, 2.45) is 11.0 Å². The number of hydrazone groups is 1. The molecule has 1 unspecified atom stereocenters. The Morgan fingerprint density at radius 2 is 2.26 bits per heavy atom. The lowest BCUT2D eigenvalue weighted by Crippen LogP contribution is -2.20. The number of aryl methyl sites for hydroxylation is 1. The highest BCUT2D eigenvalue weighted by molar-refractivity contribution is 6.01. The van der Waals surface area contributed by atoms with Crippen LogP contribution in [0.5, 0.6) is 0 Å². The fraction of sp³-hybridized carbons (Fsp3) is 0.429. The standard InChI is InChI=1S/C14H17N4O/c1-9(2)17-8-12(6-15-17)11-5-14(19)13-4-10(3)16-18(13)7-11/h4,6-9,12H,5H2,1-3H3/q+1. The van der Waals surface area contributed by atoms with Gasteiger partial charge in [-0.1, -0.05) is 4.68 Å². The second kappa shape index (κ2) is 4.26. The van der Waals surface area contributed by atoms with Crippen LogP contribution in [0.2, 0.25) is 0 Å². The van der Waals surface area contributed by atoms with E-state index in [1.807, 2.05) is 30.1 Å². The molecule has 1 aromatic heterocycles. The molecule has 0 aromatic carbocycles. The van der Waals surface area contributed by atoms with Crippen molar-refractivity contribution in [1.82, 2.24) is 9.78 Å². The maximum absolute atomic E-state index is 12.1. The number of aromatic nitrogens is 2. The van der Waals surface area contributed by atoms with Crippen LogP contribution in [0.1, 0.15) is 36.5 Å². The minimum Gasteiger partial charge on any atom is -0.292 e. The third-order valence-electron chi connectivity index (χ3n) is 3.43. The number of carbonyl (C=O) groups is 1. The molecule has 1 aromatic rings. The van der Waals surface area contributed by atoms with Gasteiger partial charge in [-0.05, 0) is 37.5 Å². The molecular weight excluding hydrogens is 240 g/mol. The molecule has 5 heteroatoms. The molecule has 5 nitrogen and oxygen atoms in total. The van der Waals surface area contributed by atoms with Gasteiger partial charge in [-0.2, -0.15) is 5.10 Å². The molecule has 0 aliphatic carbocycles. The minimum atomic E-state index is 0.101. The molecule has 0 fully saturated rings. The van der Waals surface area contributed by atoms with E-state index in [2.05, 4.69) is 30.3 Å². The van der Waals surface area contributed by atoms with Gasteiger partial charge >= 0.3 is 0 Å². The molecule has 3 heterocycles. The van der Waals surface area contributed by atoms with Gasteiger partial charge in [0.1, 0.15) is 11.6 Å². The van der Waals surface area contributed by atoms with Crippen molar-refractivity contribution < 1.29 is 9.48 Å². The van der Waals surface area contributed by atoms with Crippen molar-refractivity contribution in [3.63, 3.8) is 0 Å². The first-order chi connectivity index (χ1) is 9.04. The molecule has 0 spiro atoms. The molecule has 2 aliphatic rings. The number of nitrogens with zero attached hydrogens (tertiary/aromatic N) is 4. The van der Waals surface area contributed by atoms with Gasteiger partial charge in [0.2, 0.25) is 0 Å². The number of rotatable bonds is 2. The smallest absolute Gasteiger partial charge is 0.185 e. The summed E-state index contributed by atoms with van der Waals surface area (Å²) in [6.07, 6.45) is 6.36. The summed E-state index contributed by atoms with van der Waals surface area (Å²) >= 11 is 0. The second-order valence-corrected chi connectivity index (χ2v) is 5.33. The number of allylic oxidation sites excluding steroid dienone is 1. The van der Waals surface area contributed by atoms with E-state index in [0.717, 1.165) is 11.3 Å². The zero-order valence-electron chi connectivity index (χ0n) is 11.4. The van der Waals surface area contributed by atoms with E-state index in [4.69, 9.17) is 0 Å². The predicted octanol–water partition coefficient (Wildman–Crippen LogP) is 1.73. The van der Waals surface area contributed by atoms with Crippen molar-refractivity contribution >= 4 is 24.4 Å². The summed E-state index contributed by atoms with van der Waals surface area (Å²) < 4.78 is 3.62. The Kier molecular flexibility index (Phi) is 2.69. The van der Waals surface area contributed by atoms with Crippen LogP contribution in [0.25, 0.3) is 6.20 Å². The molecule has 19 heavy (non-hydrogen) atoms. The number of fused-ring (bicyclic) bond motifs is 1. The van der Waals surface area contributed by atoms with E-state index in [0.29, 0.717) is 18.2 Å². The van der Waals surface area contributed by atoms with E-state index in [9.17, 15) is 4.79 Å². The maximum Gasteiger partial charge on any atom is 0.185 e. The Bertz CT molecular complexity index is 634. The number of hydrogen-bond donors (Lipinski definition) is 0. The molecule has 2 aliphatic heterocycles. The van der Waals surface area contributed by atoms with Crippen LogP contribution >= 0.6 is 0 Å². The van der Waals surface area contributed by atoms with Gasteiger partial charge in [0, 0.05) is 12.6 Å². The summed E-state index contributed by atoms with van der Waals surface area (Å²) in [6.45, 7) is 6.08. The van der Waals surface area contributed by atoms with Crippen LogP contribution in [-0.2, 0) is 0 Å². The lowest BCUT2D eigenvalue weighted by Gasteiger charge is -2.14. The fourth-order valence-corrected chi connectivity index (χ4v) is 2.39. The Hall–Kier alpha value is -2.04. The average Bonchev–Trinajstić information content (AvgIpc) is 2.94. The van der Waals surface area contributed by atoms with Gasteiger partial charge in [-0.15, -0.1) is 0 Å². The second-order valence-electron chi connectivity index (χ2n) is 5.33. The Balaban J connectivity index is 1.94. The number of hydrogen-bond acceptors (Lipinski definition) is 3. The van der Waals surface area contributed by atoms with Crippen LogP contribution < -0.4 is 0 Å². The SMILES string of the molecule is Cc1cc2n(n1)C=C(C1C=N[N+](C(C)C)=C1)CC2=O. The van der Waals surface area contributed by atoms with Gasteiger partial charge < -0.3 is 0 Å². The predicted molar refractivity (Wildman–Crippen MR) is 73.6 cm³/mol. The van der Waals surface area contributed by atoms with E-state index >= 15 is 0 Å². The molecule has 0 amide bonds. The van der Waals surface area contributed by atoms with E-state index in [-0.39, 0.29) is 11.7 Å².